The number of rotatable bonds is 9. The van der Waals surface area contributed by atoms with E-state index < -0.39 is 47.5 Å². The number of hydrogen-bond donors (Lipinski definition) is 3. The van der Waals surface area contributed by atoms with Crippen molar-refractivity contribution in [2.45, 2.75) is 110 Å². The number of ether oxygens (including phenoxy) is 2. The van der Waals surface area contributed by atoms with Crippen molar-refractivity contribution in [3.05, 3.63) is 0 Å². The SMILES string of the molecule is CCOC(=O)[C@H]1[C@H]2CCC[C@H]2CN1C(=O)[C@@H](NC(=O)[C@@H](NC(=O)[C@@H](C)NC(=O)OC)C1CCCCC1)C(C)(C)C. The normalized spacial score (nSPS) is 25.2. The van der Waals surface area contributed by atoms with Crippen molar-refractivity contribution < 1.29 is 33.4 Å². The molecule has 0 radical (unpaired) electrons. The van der Waals surface area contributed by atoms with E-state index in [4.69, 9.17) is 4.74 Å². The second kappa shape index (κ2) is 13.7. The van der Waals surface area contributed by atoms with Crippen LogP contribution in [0.4, 0.5) is 4.79 Å². The minimum atomic E-state index is -0.916. The van der Waals surface area contributed by atoms with Crippen LogP contribution in [0.1, 0.15) is 86.0 Å². The van der Waals surface area contributed by atoms with Gasteiger partial charge in [0.25, 0.3) is 0 Å². The van der Waals surface area contributed by atoms with Crippen molar-refractivity contribution >= 4 is 29.8 Å². The number of carbonyl (C=O) groups excluding carboxylic acids is 5. The highest BCUT2D eigenvalue weighted by atomic mass is 16.5. The molecule has 1 saturated heterocycles. The molecule has 6 atom stereocenters. The maximum atomic E-state index is 14.1. The molecule has 0 aromatic carbocycles. The van der Waals surface area contributed by atoms with E-state index in [0.717, 1.165) is 51.4 Å². The number of esters is 1. The number of fused-ring (bicyclic) bond motifs is 1. The molecule has 226 valence electrons. The second-order valence-corrected chi connectivity index (χ2v) is 12.6. The number of carbonyl (C=O) groups is 5. The zero-order chi connectivity index (χ0) is 29.6. The van der Waals surface area contributed by atoms with Gasteiger partial charge >= 0.3 is 12.1 Å². The first-order valence-corrected chi connectivity index (χ1v) is 14.8. The minimum Gasteiger partial charge on any atom is -0.464 e. The zero-order valence-electron chi connectivity index (χ0n) is 24.9. The molecule has 0 bridgehead atoms. The highest BCUT2D eigenvalue weighted by Crippen LogP contribution is 2.43. The Morgan fingerprint density at radius 2 is 1.57 bits per heavy atom. The van der Waals surface area contributed by atoms with Gasteiger partial charge in [-0.25, -0.2) is 9.59 Å². The number of alkyl carbamates (subject to hydrolysis) is 1. The average molecular weight is 565 g/mol. The van der Waals surface area contributed by atoms with Crippen LogP contribution in [0.5, 0.6) is 0 Å². The summed E-state index contributed by atoms with van der Waals surface area (Å²) in [6, 6.07) is -3.35. The van der Waals surface area contributed by atoms with E-state index in [9.17, 15) is 24.0 Å². The standard InChI is InChI=1S/C29H48N4O7/c1-7-40-27(37)22-20-15-11-14-19(20)16-33(22)26(36)23(29(3,4)5)32-25(35)21(18-12-9-8-10-13-18)31-24(34)17(2)30-28(38)39-6/h17-23H,7-16H2,1-6H3,(H,30,38)(H,31,34)(H,32,35)/t17-,19+,20+,21+,22-,23-/m1/s1. The number of amides is 4. The molecule has 0 unspecified atom stereocenters. The Morgan fingerprint density at radius 3 is 2.17 bits per heavy atom. The average Bonchev–Trinajstić information content (AvgIpc) is 3.51. The van der Waals surface area contributed by atoms with E-state index in [0.29, 0.717) is 6.54 Å². The molecule has 0 aromatic heterocycles. The molecule has 3 fully saturated rings. The van der Waals surface area contributed by atoms with Crippen LogP contribution in [0.2, 0.25) is 0 Å². The molecule has 11 heteroatoms. The number of nitrogens with zero attached hydrogens (tertiary/aromatic N) is 1. The summed E-state index contributed by atoms with van der Waals surface area (Å²) in [5.41, 5.74) is -0.662. The monoisotopic (exact) mass is 564 g/mol. The summed E-state index contributed by atoms with van der Waals surface area (Å²) in [6.45, 7) is 9.61. The van der Waals surface area contributed by atoms with Crippen molar-refractivity contribution in [3.63, 3.8) is 0 Å². The van der Waals surface area contributed by atoms with Crippen LogP contribution in [-0.4, -0.2) is 79.1 Å². The van der Waals surface area contributed by atoms with E-state index in [-0.39, 0.29) is 36.2 Å². The predicted octanol–water partition coefficient (Wildman–Crippen LogP) is 2.52. The van der Waals surface area contributed by atoms with Crippen molar-refractivity contribution in [2.24, 2.45) is 23.2 Å². The molecule has 0 aromatic rings. The summed E-state index contributed by atoms with van der Waals surface area (Å²) < 4.78 is 9.96. The van der Waals surface area contributed by atoms with Gasteiger partial charge in [-0.2, -0.15) is 0 Å². The first-order chi connectivity index (χ1) is 18.9. The van der Waals surface area contributed by atoms with Crippen LogP contribution in [0.15, 0.2) is 0 Å². The third-order valence-electron chi connectivity index (χ3n) is 8.72. The highest BCUT2D eigenvalue weighted by Gasteiger charge is 2.52. The van der Waals surface area contributed by atoms with Crippen LogP contribution >= 0.6 is 0 Å². The zero-order valence-corrected chi connectivity index (χ0v) is 24.9. The minimum absolute atomic E-state index is 0.0670. The fraction of sp³-hybridized carbons (Fsp3) is 0.828. The molecular weight excluding hydrogens is 516 g/mol. The van der Waals surface area contributed by atoms with Gasteiger partial charge in [-0.05, 0) is 62.7 Å². The van der Waals surface area contributed by atoms with Gasteiger partial charge in [0.2, 0.25) is 17.7 Å². The molecule has 3 aliphatic rings. The summed E-state index contributed by atoms with van der Waals surface area (Å²) in [7, 11) is 1.21. The Kier molecular flexibility index (Phi) is 10.8. The van der Waals surface area contributed by atoms with E-state index in [2.05, 4.69) is 20.7 Å². The van der Waals surface area contributed by atoms with Crippen LogP contribution < -0.4 is 16.0 Å². The number of nitrogens with one attached hydrogen (secondary N) is 3. The molecule has 0 spiro atoms. The quantitative estimate of drug-likeness (QED) is 0.365. The predicted molar refractivity (Wildman–Crippen MR) is 148 cm³/mol. The maximum Gasteiger partial charge on any atom is 0.407 e. The van der Waals surface area contributed by atoms with Crippen molar-refractivity contribution in [2.75, 3.05) is 20.3 Å². The van der Waals surface area contributed by atoms with Gasteiger partial charge < -0.3 is 30.3 Å². The first-order valence-electron chi connectivity index (χ1n) is 14.8. The summed E-state index contributed by atoms with van der Waals surface area (Å²) in [6.07, 6.45) is 6.61. The topological polar surface area (TPSA) is 143 Å². The Balaban J connectivity index is 1.83. The van der Waals surface area contributed by atoms with Crippen LogP contribution in [0.25, 0.3) is 0 Å². The number of hydrogen-bond acceptors (Lipinski definition) is 7. The smallest absolute Gasteiger partial charge is 0.407 e. The fourth-order valence-electron chi connectivity index (χ4n) is 6.55. The summed E-state index contributed by atoms with van der Waals surface area (Å²) in [5.74, 6) is -1.43. The summed E-state index contributed by atoms with van der Waals surface area (Å²) in [4.78, 5) is 67.2. The highest BCUT2D eigenvalue weighted by molar-refractivity contribution is 5.95. The molecule has 1 aliphatic heterocycles. The van der Waals surface area contributed by atoms with Gasteiger partial charge in [-0.15, -0.1) is 0 Å². The van der Waals surface area contributed by atoms with E-state index in [1.165, 1.54) is 14.0 Å². The van der Waals surface area contributed by atoms with E-state index >= 15 is 0 Å². The lowest BCUT2D eigenvalue weighted by molar-refractivity contribution is -0.156. The molecule has 2 aliphatic carbocycles. The van der Waals surface area contributed by atoms with Gasteiger partial charge in [-0.1, -0.05) is 46.5 Å². The first kappa shape index (κ1) is 31.7. The largest absolute Gasteiger partial charge is 0.464 e. The molecule has 1 heterocycles. The molecule has 2 saturated carbocycles. The lowest BCUT2D eigenvalue weighted by atomic mass is 9.82. The van der Waals surface area contributed by atoms with Gasteiger partial charge in [0.05, 0.1) is 13.7 Å². The van der Waals surface area contributed by atoms with Gasteiger partial charge in [0.1, 0.15) is 24.2 Å². The lowest BCUT2D eigenvalue weighted by Crippen LogP contribution is -2.62. The fourth-order valence-corrected chi connectivity index (χ4v) is 6.55. The Bertz CT molecular complexity index is 943. The molecule has 3 rings (SSSR count). The van der Waals surface area contributed by atoms with Crippen molar-refractivity contribution in [1.29, 1.82) is 0 Å². The number of methoxy groups -OCH3 is 1. The van der Waals surface area contributed by atoms with E-state index in [1.54, 1.807) is 11.8 Å². The van der Waals surface area contributed by atoms with E-state index in [1.807, 2.05) is 20.8 Å². The summed E-state index contributed by atoms with van der Waals surface area (Å²) in [5, 5.41) is 8.24. The van der Waals surface area contributed by atoms with Crippen molar-refractivity contribution in [1.82, 2.24) is 20.9 Å². The Hall–Kier alpha value is -2.85. The van der Waals surface area contributed by atoms with Gasteiger partial charge in [0, 0.05) is 6.54 Å². The second-order valence-electron chi connectivity index (χ2n) is 12.6. The molecule has 3 N–H and O–H groups in total. The third kappa shape index (κ3) is 7.46. The van der Waals surface area contributed by atoms with Gasteiger partial charge in [-0.3, -0.25) is 14.4 Å². The van der Waals surface area contributed by atoms with Crippen molar-refractivity contribution in [3.8, 4) is 0 Å². The lowest BCUT2D eigenvalue weighted by Gasteiger charge is -2.38. The Labute approximate surface area is 237 Å². The summed E-state index contributed by atoms with van der Waals surface area (Å²) >= 11 is 0. The molecule has 11 nitrogen and oxygen atoms in total. The Morgan fingerprint density at radius 1 is 0.900 bits per heavy atom. The molecule has 4 amide bonds. The van der Waals surface area contributed by atoms with Gasteiger partial charge in [0.15, 0.2) is 0 Å². The molecular formula is C29H48N4O7. The van der Waals surface area contributed by atoms with Crippen LogP contribution in [0.3, 0.4) is 0 Å². The number of likely N-dealkylation sites (tertiary alicyclic amines) is 1. The molecule has 40 heavy (non-hydrogen) atoms. The van der Waals surface area contributed by atoms with Crippen LogP contribution in [-0.2, 0) is 28.7 Å². The van der Waals surface area contributed by atoms with Crippen LogP contribution in [0, 0.1) is 23.2 Å². The third-order valence-corrected chi connectivity index (χ3v) is 8.72. The maximum absolute atomic E-state index is 14.1.